The molecule has 0 spiro atoms. The molecule has 0 aliphatic carbocycles. The van der Waals surface area contributed by atoms with E-state index in [1.807, 2.05) is 19.9 Å². The van der Waals surface area contributed by atoms with E-state index < -0.39 is 0 Å². The molecule has 3 nitrogen and oxygen atoms in total. The van der Waals surface area contributed by atoms with E-state index in [0.29, 0.717) is 0 Å². The van der Waals surface area contributed by atoms with Crippen molar-refractivity contribution in [2.75, 3.05) is 0 Å². The first-order valence-electron chi connectivity index (χ1n) is 6.13. The number of benzene rings is 1. The van der Waals surface area contributed by atoms with Crippen LogP contribution in [0.4, 0.5) is 0 Å². The van der Waals surface area contributed by atoms with E-state index in [-0.39, 0.29) is 6.04 Å². The van der Waals surface area contributed by atoms with Gasteiger partial charge in [-0.3, -0.25) is 5.84 Å². The summed E-state index contributed by atoms with van der Waals surface area (Å²) in [6.45, 7) is 8.13. The molecule has 3 heteroatoms. The highest BCUT2D eigenvalue weighted by Crippen LogP contribution is 2.27. The second-order valence-corrected chi connectivity index (χ2v) is 4.81. The number of furan rings is 1. The normalized spacial score (nSPS) is 12.7. The molecular weight excluding hydrogens is 224 g/mol. The first kappa shape index (κ1) is 12.9. The maximum Gasteiger partial charge on any atom is 0.106 e. The largest absolute Gasteiger partial charge is 0.466 e. The number of rotatable bonds is 3. The maximum absolute atomic E-state index is 5.71. The number of hydrazine groups is 1. The Kier molecular flexibility index (Phi) is 3.55. The van der Waals surface area contributed by atoms with Crippen molar-refractivity contribution in [3.63, 3.8) is 0 Å². The van der Waals surface area contributed by atoms with Crippen LogP contribution in [0.1, 0.15) is 39.8 Å². The van der Waals surface area contributed by atoms with E-state index in [9.17, 15) is 0 Å². The molecule has 0 fully saturated rings. The summed E-state index contributed by atoms with van der Waals surface area (Å²) < 4.78 is 5.58. The van der Waals surface area contributed by atoms with Gasteiger partial charge in [-0.25, -0.2) is 5.43 Å². The van der Waals surface area contributed by atoms with E-state index >= 15 is 0 Å². The van der Waals surface area contributed by atoms with Crippen LogP contribution in [0.15, 0.2) is 28.7 Å². The average Bonchev–Trinajstić information content (AvgIpc) is 2.64. The lowest BCUT2D eigenvalue weighted by molar-refractivity contribution is 0.495. The van der Waals surface area contributed by atoms with Gasteiger partial charge in [0.2, 0.25) is 0 Å². The van der Waals surface area contributed by atoms with Gasteiger partial charge >= 0.3 is 0 Å². The smallest absolute Gasteiger partial charge is 0.106 e. The highest BCUT2D eigenvalue weighted by molar-refractivity contribution is 5.38. The van der Waals surface area contributed by atoms with Crippen molar-refractivity contribution in [3.8, 4) is 0 Å². The Hall–Kier alpha value is -1.58. The van der Waals surface area contributed by atoms with Crippen molar-refractivity contribution < 1.29 is 4.42 Å². The monoisotopic (exact) mass is 244 g/mol. The molecule has 2 aromatic rings. The van der Waals surface area contributed by atoms with Gasteiger partial charge in [0, 0.05) is 5.56 Å². The molecule has 3 N–H and O–H groups in total. The average molecular weight is 244 g/mol. The maximum atomic E-state index is 5.71. The Labute approximate surface area is 108 Å². The van der Waals surface area contributed by atoms with Crippen LogP contribution in [0.25, 0.3) is 0 Å². The van der Waals surface area contributed by atoms with Gasteiger partial charge in [-0.2, -0.15) is 0 Å². The lowest BCUT2D eigenvalue weighted by Crippen LogP contribution is -2.29. The second-order valence-electron chi connectivity index (χ2n) is 4.81. The molecule has 1 unspecified atom stereocenters. The topological polar surface area (TPSA) is 51.2 Å². The molecule has 18 heavy (non-hydrogen) atoms. The van der Waals surface area contributed by atoms with E-state index in [1.165, 1.54) is 11.1 Å². The number of nitrogens with one attached hydrogen (secondary N) is 1. The third-order valence-electron chi connectivity index (χ3n) is 3.42. The minimum absolute atomic E-state index is 0.0262. The van der Waals surface area contributed by atoms with Crippen LogP contribution in [0, 0.1) is 27.7 Å². The summed E-state index contributed by atoms with van der Waals surface area (Å²) in [6, 6.07) is 8.41. The predicted octanol–water partition coefficient (Wildman–Crippen LogP) is 3.07. The number of hydrogen-bond donors (Lipinski definition) is 2. The van der Waals surface area contributed by atoms with Crippen molar-refractivity contribution in [2.45, 2.75) is 33.7 Å². The first-order valence-corrected chi connectivity index (χ1v) is 6.13. The third kappa shape index (κ3) is 2.33. The molecule has 96 valence electrons. The minimum Gasteiger partial charge on any atom is -0.466 e. The first-order chi connectivity index (χ1) is 8.52. The fraction of sp³-hybridized carbons (Fsp3) is 0.333. The summed E-state index contributed by atoms with van der Waals surface area (Å²) in [5, 5.41) is 0. The molecule has 0 aliphatic rings. The van der Waals surface area contributed by atoms with Crippen LogP contribution >= 0.6 is 0 Å². The van der Waals surface area contributed by atoms with Crippen LogP contribution in [-0.4, -0.2) is 0 Å². The standard InChI is InChI=1S/C15H20N2O/c1-9-5-6-13(7-10(9)2)15(17-16)14-8-11(3)18-12(14)4/h5-8,15,17H,16H2,1-4H3. The molecule has 1 heterocycles. The van der Waals surface area contributed by atoms with Crippen LogP contribution in [0.5, 0.6) is 0 Å². The highest BCUT2D eigenvalue weighted by Gasteiger charge is 2.18. The van der Waals surface area contributed by atoms with Gasteiger partial charge in [0.1, 0.15) is 11.5 Å². The molecule has 2 rings (SSSR count). The van der Waals surface area contributed by atoms with Crippen molar-refractivity contribution >= 4 is 0 Å². The lowest BCUT2D eigenvalue weighted by atomic mass is 9.96. The van der Waals surface area contributed by atoms with E-state index in [1.54, 1.807) is 0 Å². The molecule has 0 bridgehead atoms. The van der Waals surface area contributed by atoms with Crippen molar-refractivity contribution in [1.82, 2.24) is 5.43 Å². The van der Waals surface area contributed by atoms with Gasteiger partial charge in [-0.1, -0.05) is 18.2 Å². The molecule has 1 aromatic heterocycles. The molecule has 0 aliphatic heterocycles. The number of aryl methyl sites for hydroxylation is 4. The quantitative estimate of drug-likeness (QED) is 0.644. The SMILES string of the molecule is Cc1cc(C(NN)c2ccc(C)c(C)c2)c(C)o1. The molecule has 0 saturated heterocycles. The fourth-order valence-electron chi connectivity index (χ4n) is 2.25. The Morgan fingerprint density at radius 3 is 2.28 bits per heavy atom. The second kappa shape index (κ2) is 4.96. The minimum atomic E-state index is -0.0262. The zero-order chi connectivity index (χ0) is 13.3. The van der Waals surface area contributed by atoms with Gasteiger partial charge in [0.15, 0.2) is 0 Å². The van der Waals surface area contributed by atoms with Gasteiger partial charge in [0.05, 0.1) is 6.04 Å². The third-order valence-corrected chi connectivity index (χ3v) is 3.42. The number of nitrogens with two attached hydrogens (primary N) is 1. The summed E-state index contributed by atoms with van der Waals surface area (Å²) in [5.41, 5.74) is 7.68. The Balaban J connectivity index is 2.45. The Morgan fingerprint density at radius 2 is 1.78 bits per heavy atom. The van der Waals surface area contributed by atoms with Crippen molar-refractivity contribution in [2.24, 2.45) is 5.84 Å². The zero-order valence-corrected chi connectivity index (χ0v) is 11.4. The summed E-state index contributed by atoms with van der Waals surface area (Å²) >= 11 is 0. The highest BCUT2D eigenvalue weighted by atomic mass is 16.3. The van der Waals surface area contributed by atoms with Gasteiger partial charge in [0.25, 0.3) is 0 Å². The molecule has 1 aromatic carbocycles. The molecule has 1 atom stereocenters. The summed E-state index contributed by atoms with van der Waals surface area (Å²) in [5.74, 6) is 7.53. The van der Waals surface area contributed by atoms with Crippen LogP contribution in [0.3, 0.4) is 0 Å². The summed E-state index contributed by atoms with van der Waals surface area (Å²) in [6.07, 6.45) is 0. The van der Waals surface area contributed by atoms with Crippen LogP contribution in [-0.2, 0) is 0 Å². The molecule has 0 amide bonds. The Bertz CT molecular complexity index is 558. The summed E-state index contributed by atoms with van der Waals surface area (Å²) in [7, 11) is 0. The van der Waals surface area contributed by atoms with E-state index in [4.69, 9.17) is 10.3 Å². The van der Waals surface area contributed by atoms with Crippen molar-refractivity contribution in [1.29, 1.82) is 0 Å². The van der Waals surface area contributed by atoms with Gasteiger partial charge in [-0.05, 0) is 50.5 Å². The van der Waals surface area contributed by atoms with E-state index in [2.05, 4.69) is 37.5 Å². The summed E-state index contributed by atoms with van der Waals surface area (Å²) in [4.78, 5) is 0. The fourth-order valence-corrected chi connectivity index (χ4v) is 2.25. The van der Waals surface area contributed by atoms with Crippen molar-refractivity contribution in [3.05, 3.63) is 58.0 Å². The molecule has 0 radical (unpaired) electrons. The molecular formula is C15H20N2O. The Morgan fingerprint density at radius 1 is 1.06 bits per heavy atom. The predicted molar refractivity (Wildman–Crippen MR) is 73.3 cm³/mol. The van der Waals surface area contributed by atoms with Gasteiger partial charge in [-0.15, -0.1) is 0 Å². The lowest BCUT2D eigenvalue weighted by Gasteiger charge is -2.17. The van der Waals surface area contributed by atoms with Crippen LogP contribution < -0.4 is 11.3 Å². The zero-order valence-electron chi connectivity index (χ0n) is 11.4. The van der Waals surface area contributed by atoms with E-state index in [0.717, 1.165) is 22.6 Å². The van der Waals surface area contributed by atoms with Gasteiger partial charge < -0.3 is 4.42 Å². The van der Waals surface area contributed by atoms with Crippen LogP contribution in [0.2, 0.25) is 0 Å². The molecule has 0 saturated carbocycles. The number of hydrogen-bond acceptors (Lipinski definition) is 3.